The van der Waals surface area contributed by atoms with E-state index in [2.05, 4.69) is 55.0 Å². The van der Waals surface area contributed by atoms with Crippen molar-refractivity contribution in [2.24, 2.45) is 5.84 Å². The van der Waals surface area contributed by atoms with E-state index in [4.69, 9.17) is 5.84 Å². The van der Waals surface area contributed by atoms with Gasteiger partial charge in [-0.25, -0.2) is 5.43 Å². The molecule has 19 heavy (non-hydrogen) atoms. The number of hydrazine groups is 1. The van der Waals surface area contributed by atoms with E-state index in [1.165, 1.54) is 31.0 Å². The lowest BCUT2D eigenvalue weighted by molar-refractivity contribution is 0.651. The van der Waals surface area contributed by atoms with Gasteiger partial charge >= 0.3 is 0 Å². The zero-order valence-corrected chi connectivity index (χ0v) is 12.6. The molecule has 0 bridgehead atoms. The van der Waals surface area contributed by atoms with E-state index < -0.39 is 0 Å². The largest absolute Gasteiger partial charge is 0.271 e. The van der Waals surface area contributed by atoms with Crippen LogP contribution in [0, 0.1) is 13.8 Å². The zero-order valence-electron chi connectivity index (χ0n) is 10.9. The molecule has 2 nitrogen and oxygen atoms in total. The maximum absolute atomic E-state index is 5.82. The van der Waals surface area contributed by atoms with Gasteiger partial charge in [-0.15, -0.1) is 22.7 Å². The second-order valence-corrected chi connectivity index (χ2v) is 6.88. The van der Waals surface area contributed by atoms with Gasteiger partial charge in [-0.2, -0.15) is 0 Å². The molecule has 4 heteroatoms. The number of thiophene rings is 2. The Kier molecular flexibility index (Phi) is 3.41. The fourth-order valence-corrected chi connectivity index (χ4v) is 4.38. The van der Waals surface area contributed by atoms with Crippen molar-refractivity contribution in [1.82, 2.24) is 5.43 Å². The average Bonchev–Trinajstić information content (AvgIpc) is 2.99. The molecule has 0 aliphatic heterocycles. The standard InChI is InChI=1S/C15H16N2S2/c1-9-8-13(19-10(9)2)14(17-16)12-5-3-4-11-6-7-18-15(11)12/h3-8,14,17H,16H2,1-2H3. The summed E-state index contributed by atoms with van der Waals surface area (Å²) in [6.45, 7) is 4.30. The van der Waals surface area contributed by atoms with Gasteiger partial charge < -0.3 is 0 Å². The van der Waals surface area contributed by atoms with Crippen LogP contribution in [0.4, 0.5) is 0 Å². The zero-order chi connectivity index (χ0) is 13.4. The molecule has 3 aromatic rings. The summed E-state index contributed by atoms with van der Waals surface area (Å²) in [5, 5.41) is 3.42. The Morgan fingerprint density at radius 1 is 1.21 bits per heavy atom. The minimum atomic E-state index is 0.0692. The average molecular weight is 288 g/mol. The Hall–Kier alpha value is -1.20. The molecule has 1 atom stereocenters. The quantitative estimate of drug-likeness (QED) is 0.561. The molecule has 0 aliphatic rings. The SMILES string of the molecule is Cc1cc(C(NN)c2cccc3ccsc23)sc1C. The molecule has 98 valence electrons. The molecule has 0 spiro atoms. The Morgan fingerprint density at radius 3 is 2.74 bits per heavy atom. The van der Waals surface area contributed by atoms with E-state index in [0.29, 0.717) is 0 Å². The molecule has 0 saturated carbocycles. The maximum Gasteiger partial charge on any atom is 0.0816 e. The number of hydrogen-bond acceptors (Lipinski definition) is 4. The second kappa shape index (κ2) is 5.06. The fourth-order valence-electron chi connectivity index (χ4n) is 2.31. The van der Waals surface area contributed by atoms with Gasteiger partial charge in [-0.05, 0) is 47.9 Å². The van der Waals surface area contributed by atoms with E-state index in [1.54, 1.807) is 11.3 Å². The molecule has 3 rings (SSSR count). The summed E-state index contributed by atoms with van der Waals surface area (Å²) in [6.07, 6.45) is 0. The number of benzene rings is 1. The molecule has 0 radical (unpaired) electrons. The van der Waals surface area contributed by atoms with Crippen molar-refractivity contribution in [2.75, 3.05) is 0 Å². The van der Waals surface area contributed by atoms with Crippen LogP contribution in [-0.2, 0) is 0 Å². The van der Waals surface area contributed by atoms with E-state index in [0.717, 1.165) is 0 Å². The first-order valence-electron chi connectivity index (χ1n) is 6.20. The van der Waals surface area contributed by atoms with Crippen LogP contribution < -0.4 is 11.3 Å². The van der Waals surface area contributed by atoms with E-state index >= 15 is 0 Å². The number of nitrogens with two attached hydrogens (primary N) is 1. The van der Waals surface area contributed by atoms with Gasteiger partial charge in [0.2, 0.25) is 0 Å². The van der Waals surface area contributed by atoms with Crippen LogP contribution in [0.2, 0.25) is 0 Å². The lowest BCUT2D eigenvalue weighted by Gasteiger charge is -2.15. The molecule has 3 N–H and O–H groups in total. The van der Waals surface area contributed by atoms with Crippen molar-refractivity contribution >= 4 is 32.8 Å². The molecule has 2 heterocycles. The molecule has 0 fully saturated rings. The fraction of sp³-hybridized carbons (Fsp3) is 0.200. The predicted molar refractivity (Wildman–Crippen MR) is 84.8 cm³/mol. The van der Waals surface area contributed by atoms with Crippen LogP contribution in [-0.4, -0.2) is 0 Å². The van der Waals surface area contributed by atoms with E-state index in [1.807, 2.05) is 11.3 Å². The van der Waals surface area contributed by atoms with Crippen molar-refractivity contribution in [3.8, 4) is 0 Å². The summed E-state index contributed by atoms with van der Waals surface area (Å²) in [6, 6.07) is 10.9. The minimum Gasteiger partial charge on any atom is -0.271 e. The molecular weight excluding hydrogens is 272 g/mol. The molecule has 0 saturated heterocycles. The van der Waals surface area contributed by atoms with Gasteiger partial charge in [0, 0.05) is 14.5 Å². The van der Waals surface area contributed by atoms with Crippen molar-refractivity contribution in [2.45, 2.75) is 19.9 Å². The lowest BCUT2D eigenvalue weighted by Crippen LogP contribution is -2.28. The third-order valence-electron chi connectivity index (χ3n) is 3.46. The summed E-state index contributed by atoms with van der Waals surface area (Å²) in [4.78, 5) is 2.63. The topological polar surface area (TPSA) is 38.0 Å². The molecule has 0 amide bonds. The first-order chi connectivity index (χ1) is 9.20. The van der Waals surface area contributed by atoms with Gasteiger partial charge in [0.25, 0.3) is 0 Å². The summed E-state index contributed by atoms with van der Waals surface area (Å²) in [7, 11) is 0. The lowest BCUT2D eigenvalue weighted by atomic mass is 10.0. The summed E-state index contributed by atoms with van der Waals surface area (Å²) in [5.74, 6) is 5.82. The van der Waals surface area contributed by atoms with Crippen LogP contribution >= 0.6 is 22.7 Å². The van der Waals surface area contributed by atoms with Crippen molar-refractivity contribution in [3.05, 3.63) is 56.6 Å². The number of fused-ring (bicyclic) bond motifs is 1. The van der Waals surface area contributed by atoms with Crippen LogP contribution in [0.25, 0.3) is 10.1 Å². The first kappa shape index (κ1) is 12.8. The minimum absolute atomic E-state index is 0.0692. The highest BCUT2D eigenvalue weighted by Gasteiger charge is 2.18. The Morgan fingerprint density at radius 2 is 2.05 bits per heavy atom. The third kappa shape index (κ3) is 2.21. The predicted octanol–water partition coefficient (Wildman–Crippen LogP) is 4.13. The smallest absolute Gasteiger partial charge is 0.0816 e. The molecule has 1 unspecified atom stereocenters. The van der Waals surface area contributed by atoms with Gasteiger partial charge in [-0.1, -0.05) is 18.2 Å². The van der Waals surface area contributed by atoms with Crippen LogP contribution in [0.3, 0.4) is 0 Å². The highest BCUT2D eigenvalue weighted by atomic mass is 32.1. The van der Waals surface area contributed by atoms with Gasteiger partial charge in [0.15, 0.2) is 0 Å². The van der Waals surface area contributed by atoms with Crippen molar-refractivity contribution in [3.63, 3.8) is 0 Å². The van der Waals surface area contributed by atoms with E-state index in [9.17, 15) is 0 Å². The van der Waals surface area contributed by atoms with Gasteiger partial charge in [-0.3, -0.25) is 5.84 Å². The number of nitrogens with one attached hydrogen (secondary N) is 1. The first-order valence-corrected chi connectivity index (χ1v) is 7.89. The second-order valence-electron chi connectivity index (χ2n) is 4.67. The van der Waals surface area contributed by atoms with Crippen LogP contribution in [0.1, 0.15) is 26.9 Å². The monoisotopic (exact) mass is 288 g/mol. The molecule has 1 aromatic carbocycles. The van der Waals surface area contributed by atoms with Crippen molar-refractivity contribution in [1.29, 1.82) is 0 Å². The van der Waals surface area contributed by atoms with Gasteiger partial charge in [0.1, 0.15) is 0 Å². The van der Waals surface area contributed by atoms with Crippen LogP contribution in [0.5, 0.6) is 0 Å². The molecule has 2 aromatic heterocycles. The number of rotatable bonds is 3. The Balaban J connectivity index is 2.14. The van der Waals surface area contributed by atoms with Crippen molar-refractivity contribution < 1.29 is 0 Å². The van der Waals surface area contributed by atoms with Crippen LogP contribution in [0.15, 0.2) is 35.7 Å². The Bertz CT molecular complexity index is 692. The number of hydrogen-bond donors (Lipinski definition) is 2. The molecular formula is C15H16N2S2. The molecule has 0 aliphatic carbocycles. The third-order valence-corrected chi connectivity index (χ3v) is 5.65. The summed E-state index contributed by atoms with van der Waals surface area (Å²) in [5.41, 5.74) is 5.57. The summed E-state index contributed by atoms with van der Waals surface area (Å²) < 4.78 is 1.31. The summed E-state index contributed by atoms with van der Waals surface area (Å²) >= 11 is 3.59. The Labute approximate surface area is 120 Å². The highest BCUT2D eigenvalue weighted by molar-refractivity contribution is 7.17. The number of aryl methyl sites for hydroxylation is 2. The highest BCUT2D eigenvalue weighted by Crippen LogP contribution is 2.35. The van der Waals surface area contributed by atoms with E-state index in [-0.39, 0.29) is 6.04 Å². The normalized spacial score (nSPS) is 13.0. The maximum atomic E-state index is 5.82. The van der Waals surface area contributed by atoms with Gasteiger partial charge in [0.05, 0.1) is 6.04 Å².